The van der Waals surface area contributed by atoms with E-state index < -0.39 is 15.9 Å². The summed E-state index contributed by atoms with van der Waals surface area (Å²) in [6, 6.07) is 6.85. The number of nitrogens with zero attached hydrogens (tertiary/aromatic N) is 1. The van der Waals surface area contributed by atoms with Gasteiger partial charge in [-0.05, 0) is 11.9 Å². The van der Waals surface area contributed by atoms with Crippen molar-refractivity contribution in [2.75, 3.05) is 32.1 Å². The lowest BCUT2D eigenvalue weighted by Crippen LogP contribution is -2.41. The van der Waals surface area contributed by atoms with Crippen LogP contribution in [0, 0.1) is 0 Å². The number of alkyl halides is 1. The van der Waals surface area contributed by atoms with Gasteiger partial charge in [-0.1, -0.05) is 48.0 Å². The number of hydrogen-bond acceptors (Lipinski definition) is 4. The molecule has 1 saturated heterocycles. The number of halogens is 1. The number of nitrogens with two attached hydrogens (primary N) is 1. The van der Waals surface area contributed by atoms with Crippen LogP contribution in [-0.4, -0.2) is 55.8 Å². The van der Waals surface area contributed by atoms with Gasteiger partial charge in [0.15, 0.2) is 0 Å². The number of aromatic amines is 1. The number of fused-ring (bicyclic) bond motifs is 1. The van der Waals surface area contributed by atoms with E-state index in [-0.39, 0.29) is 23.7 Å². The standard InChI is InChI=1S/C13H15N3O4S.C2H6.CH3Br/c14-13(17)11-12(9-3-1-2-4-10(9)15-11)21(18,19)16-5-7-20-8-6-16;2*1-2/h1-4,15H,5-8H2,(H2,14,17);1-2H3;1H3. The molecule has 0 unspecified atom stereocenters. The van der Waals surface area contributed by atoms with Crippen molar-refractivity contribution in [2.45, 2.75) is 18.7 Å². The van der Waals surface area contributed by atoms with Crippen LogP contribution < -0.4 is 5.73 Å². The molecule has 0 radical (unpaired) electrons. The highest BCUT2D eigenvalue weighted by Gasteiger charge is 2.33. The van der Waals surface area contributed by atoms with Crippen LogP contribution in [-0.2, 0) is 14.8 Å². The highest BCUT2D eigenvalue weighted by molar-refractivity contribution is 9.08. The second-order valence-corrected chi connectivity index (χ2v) is 6.63. The maximum atomic E-state index is 12.8. The van der Waals surface area contributed by atoms with Crippen molar-refractivity contribution in [2.24, 2.45) is 5.73 Å². The number of sulfonamides is 1. The number of hydrogen-bond donors (Lipinski definition) is 2. The molecule has 2 heterocycles. The van der Waals surface area contributed by atoms with Gasteiger partial charge in [0.2, 0.25) is 10.0 Å². The number of benzene rings is 1. The van der Waals surface area contributed by atoms with E-state index in [1.54, 1.807) is 24.3 Å². The predicted molar refractivity (Wildman–Crippen MR) is 103 cm³/mol. The average molecular weight is 434 g/mol. The van der Waals surface area contributed by atoms with E-state index in [1.165, 1.54) is 4.31 Å². The quantitative estimate of drug-likeness (QED) is 0.724. The van der Waals surface area contributed by atoms with Crippen LogP contribution in [0.5, 0.6) is 0 Å². The lowest BCUT2D eigenvalue weighted by Gasteiger charge is -2.26. The fraction of sp³-hybridized carbons (Fsp3) is 0.438. The number of carbonyl (C=O) groups excluding carboxylic acids is 1. The first-order valence-corrected chi connectivity index (χ1v) is 10.9. The molecule has 7 nitrogen and oxygen atoms in total. The Kier molecular flexibility index (Phi) is 8.57. The zero-order valence-corrected chi connectivity index (χ0v) is 17.0. The number of primary amides is 1. The Morgan fingerprint density at radius 3 is 2.32 bits per heavy atom. The number of para-hydroxylation sites is 1. The third kappa shape index (κ3) is 4.60. The minimum absolute atomic E-state index is 0.0486. The number of amides is 1. The number of carbonyl (C=O) groups is 1. The van der Waals surface area contributed by atoms with Gasteiger partial charge in [0.1, 0.15) is 10.6 Å². The fourth-order valence-corrected chi connectivity index (χ4v) is 4.23. The number of morpholine rings is 1. The normalized spacial score (nSPS) is 14.9. The smallest absolute Gasteiger partial charge is 0.266 e. The van der Waals surface area contributed by atoms with Crippen LogP contribution in [0.4, 0.5) is 0 Å². The summed E-state index contributed by atoms with van der Waals surface area (Å²) in [6.07, 6.45) is 0. The van der Waals surface area contributed by atoms with Crippen molar-refractivity contribution in [1.82, 2.24) is 9.29 Å². The van der Waals surface area contributed by atoms with Crippen LogP contribution in [0.15, 0.2) is 29.2 Å². The van der Waals surface area contributed by atoms with Gasteiger partial charge < -0.3 is 15.5 Å². The van der Waals surface area contributed by atoms with Crippen LogP contribution in [0.2, 0.25) is 0 Å². The molecule has 1 aliphatic rings. The van der Waals surface area contributed by atoms with Gasteiger partial charge in [0.05, 0.1) is 13.2 Å². The molecular formula is C16H24BrN3O4S. The van der Waals surface area contributed by atoms with E-state index in [9.17, 15) is 13.2 Å². The highest BCUT2D eigenvalue weighted by Crippen LogP contribution is 2.29. The molecule has 3 rings (SSSR count). The summed E-state index contributed by atoms with van der Waals surface area (Å²) in [7, 11) is -3.80. The van der Waals surface area contributed by atoms with Crippen molar-refractivity contribution in [3.63, 3.8) is 0 Å². The Balaban J connectivity index is 0.000000730. The van der Waals surface area contributed by atoms with Gasteiger partial charge in [-0.15, -0.1) is 0 Å². The summed E-state index contributed by atoms with van der Waals surface area (Å²) in [5.74, 6) is 1.02. The van der Waals surface area contributed by atoms with Crippen molar-refractivity contribution in [3.8, 4) is 0 Å². The Labute approximate surface area is 156 Å². The van der Waals surface area contributed by atoms with Crippen LogP contribution in [0.1, 0.15) is 24.3 Å². The number of ether oxygens (including phenoxy) is 1. The van der Waals surface area contributed by atoms with E-state index >= 15 is 0 Å². The summed E-state index contributed by atoms with van der Waals surface area (Å²) in [5.41, 5.74) is 5.81. The minimum atomic E-state index is -3.80. The maximum Gasteiger partial charge on any atom is 0.266 e. The molecule has 1 aromatic carbocycles. The molecule has 1 amide bonds. The van der Waals surface area contributed by atoms with E-state index in [4.69, 9.17) is 10.5 Å². The topological polar surface area (TPSA) is 105 Å². The van der Waals surface area contributed by atoms with E-state index in [2.05, 4.69) is 20.9 Å². The molecule has 0 spiro atoms. The first kappa shape index (κ1) is 21.6. The third-order valence-electron chi connectivity index (χ3n) is 3.47. The van der Waals surface area contributed by atoms with Crippen molar-refractivity contribution in [3.05, 3.63) is 30.0 Å². The molecule has 25 heavy (non-hydrogen) atoms. The molecule has 3 N–H and O–H groups in total. The Hall–Kier alpha value is -1.42. The molecule has 0 aliphatic carbocycles. The van der Waals surface area contributed by atoms with Gasteiger partial charge in [0, 0.05) is 24.0 Å². The number of H-pyrrole nitrogens is 1. The Bertz CT molecular complexity index is 799. The number of rotatable bonds is 3. The van der Waals surface area contributed by atoms with Gasteiger partial charge in [0.25, 0.3) is 5.91 Å². The molecule has 140 valence electrons. The average Bonchev–Trinajstić information content (AvgIpc) is 3.06. The fourth-order valence-electron chi connectivity index (χ4n) is 2.47. The zero-order chi connectivity index (χ0) is 19.0. The van der Waals surface area contributed by atoms with Crippen molar-refractivity contribution < 1.29 is 17.9 Å². The highest BCUT2D eigenvalue weighted by atomic mass is 79.9. The van der Waals surface area contributed by atoms with Gasteiger partial charge in [-0.3, -0.25) is 4.79 Å². The molecule has 0 saturated carbocycles. The first-order chi connectivity index (χ1) is 12.0. The number of nitrogens with one attached hydrogen (secondary N) is 1. The summed E-state index contributed by atoms with van der Waals surface area (Å²) in [4.78, 5) is 14.4. The SMILES string of the molecule is CBr.CC.NC(=O)c1[nH]c2ccccc2c1S(=O)(=O)N1CCOCC1. The lowest BCUT2D eigenvalue weighted by molar-refractivity contribution is 0.0730. The summed E-state index contributed by atoms with van der Waals surface area (Å²) in [6.45, 7) is 5.21. The van der Waals surface area contributed by atoms with Crippen LogP contribution >= 0.6 is 15.9 Å². The van der Waals surface area contributed by atoms with Gasteiger partial charge in [-0.2, -0.15) is 4.31 Å². The lowest BCUT2D eigenvalue weighted by atomic mass is 10.2. The molecule has 0 bridgehead atoms. The molecule has 9 heteroatoms. The molecule has 1 fully saturated rings. The molecule has 2 aromatic rings. The van der Waals surface area contributed by atoms with Gasteiger partial charge >= 0.3 is 0 Å². The van der Waals surface area contributed by atoms with Crippen molar-refractivity contribution >= 4 is 42.8 Å². The van der Waals surface area contributed by atoms with Gasteiger partial charge in [-0.25, -0.2) is 8.42 Å². The summed E-state index contributed by atoms with van der Waals surface area (Å²) in [5, 5.41) is 0.470. The van der Waals surface area contributed by atoms with E-state index in [1.807, 2.05) is 19.7 Å². The minimum Gasteiger partial charge on any atom is -0.379 e. The first-order valence-electron chi connectivity index (χ1n) is 7.88. The molecule has 1 aliphatic heterocycles. The monoisotopic (exact) mass is 433 g/mol. The van der Waals surface area contributed by atoms with Crippen LogP contribution in [0.3, 0.4) is 0 Å². The number of aromatic nitrogens is 1. The van der Waals surface area contributed by atoms with E-state index in [0.717, 1.165) is 0 Å². The second kappa shape index (κ2) is 9.91. The maximum absolute atomic E-state index is 12.8. The second-order valence-electron chi connectivity index (χ2n) is 4.76. The zero-order valence-electron chi connectivity index (χ0n) is 14.6. The third-order valence-corrected chi connectivity index (χ3v) is 5.46. The summed E-state index contributed by atoms with van der Waals surface area (Å²) < 4.78 is 32.2. The largest absolute Gasteiger partial charge is 0.379 e. The van der Waals surface area contributed by atoms with E-state index in [0.29, 0.717) is 24.1 Å². The Morgan fingerprint density at radius 1 is 1.20 bits per heavy atom. The van der Waals surface area contributed by atoms with Crippen molar-refractivity contribution in [1.29, 1.82) is 0 Å². The van der Waals surface area contributed by atoms with Crippen LogP contribution in [0.25, 0.3) is 10.9 Å². The molecular weight excluding hydrogens is 410 g/mol. The molecule has 1 aromatic heterocycles. The Morgan fingerprint density at radius 2 is 1.76 bits per heavy atom. The summed E-state index contributed by atoms with van der Waals surface area (Å²) >= 11 is 2.94. The molecule has 0 atom stereocenters. The predicted octanol–water partition coefficient (Wildman–Crippen LogP) is 2.33.